The molecule has 1 atom stereocenters. The zero-order chi connectivity index (χ0) is 12.0. The van der Waals surface area contributed by atoms with E-state index in [4.69, 9.17) is 11.6 Å². The molecule has 1 rings (SSSR count). The monoisotopic (exact) mass is 241 g/mol. The number of halogens is 1. The van der Waals surface area contributed by atoms with Crippen LogP contribution < -0.4 is 5.48 Å². The maximum absolute atomic E-state index is 11.2. The van der Waals surface area contributed by atoms with Crippen molar-refractivity contribution >= 4 is 23.8 Å². The van der Waals surface area contributed by atoms with E-state index in [-0.39, 0.29) is 12.3 Å². The molecule has 86 valence electrons. The van der Waals surface area contributed by atoms with Crippen LogP contribution in [0.4, 0.5) is 0 Å². The lowest BCUT2D eigenvalue weighted by molar-refractivity contribution is -0.132. The molecule has 1 aromatic carbocycles. The lowest BCUT2D eigenvalue weighted by Crippen LogP contribution is -2.24. The van der Waals surface area contributed by atoms with Gasteiger partial charge in [-0.2, -0.15) is 0 Å². The molecule has 0 aliphatic carbocycles. The van der Waals surface area contributed by atoms with Gasteiger partial charge in [0.05, 0.1) is 7.11 Å². The third-order valence-electron chi connectivity index (χ3n) is 2.08. The first-order chi connectivity index (χ1) is 7.67. The molecule has 0 radical (unpaired) electrons. The van der Waals surface area contributed by atoms with E-state index in [9.17, 15) is 9.59 Å². The molecular weight excluding hydrogens is 230 g/mol. The fraction of sp³-hybridized carbons (Fsp3) is 0.273. The summed E-state index contributed by atoms with van der Waals surface area (Å²) in [7, 11) is 1.34. The first kappa shape index (κ1) is 12.7. The van der Waals surface area contributed by atoms with Crippen LogP contribution in [-0.2, 0) is 14.4 Å². The Kier molecular flexibility index (Phi) is 4.95. The summed E-state index contributed by atoms with van der Waals surface area (Å²) >= 11 is 5.73. The van der Waals surface area contributed by atoms with Gasteiger partial charge in [0, 0.05) is 17.4 Å². The van der Waals surface area contributed by atoms with E-state index >= 15 is 0 Å². The molecule has 4 nitrogen and oxygen atoms in total. The number of hydrogen-bond acceptors (Lipinski definition) is 3. The molecule has 16 heavy (non-hydrogen) atoms. The molecular formula is C11H12ClNO3. The number of amides is 1. The fourth-order valence-electron chi connectivity index (χ4n) is 1.31. The number of rotatable bonds is 5. The highest BCUT2D eigenvalue weighted by Crippen LogP contribution is 2.19. The number of aldehydes is 1. The minimum absolute atomic E-state index is 0.0545. The Hall–Kier alpha value is -1.39. The summed E-state index contributed by atoms with van der Waals surface area (Å²) in [6.45, 7) is 0. The fourth-order valence-corrected chi connectivity index (χ4v) is 1.44. The van der Waals surface area contributed by atoms with Crippen LogP contribution in [0, 0.1) is 0 Å². The second-order valence-corrected chi connectivity index (χ2v) is 3.66. The van der Waals surface area contributed by atoms with Crippen LogP contribution in [0.1, 0.15) is 17.9 Å². The predicted molar refractivity (Wildman–Crippen MR) is 60.0 cm³/mol. The summed E-state index contributed by atoms with van der Waals surface area (Å²) in [6.07, 6.45) is 0.789. The molecule has 0 aliphatic rings. The van der Waals surface area contributed by atoms with E-state index in [0.717, 1.165) is 11.8 Å². The zero-order valence-corrected chi connectivity index (χ0v) is 9.53. The van der Waals surface area contributed by atoms with Crippen molar-refractivity contribution in [1.82, 2.24) is 5.48 Å². The quantitative estimate of drug-likeness (QED) is 0.631. The van der Waals surface area contributed by atoms with Gasteiger partial charge in [0.2, 0.25) is 5.91 Å². The molecule has 0 saturated heterocycles. The van der Waals surface area contributed by atoms with Gasteiger partial charge in [-0.15, -0.1) is 0 Å². The molecule has 1 N–H and O–H groups in total. The van der Waals surface area contributed by atoms with Gasteiger partial charge in [0.15, 0.2) is 0 Å². The van der Waals surface area contributed by atoms with E-state index in [1.165, 1.54) is 7.11 Å². The number of benzene rings is 1. The van der Waals surface area contributed by atoms with Gasteiger partial charge in [-0.3, -0.25) is 9.63 Å². The third-order valence-corrected chi connectivity index (χ3v) is 2.34. The first-order valence-corrected chi connectivity index (χ1v) is 5.07. The van der Waals surface area contributed by atoms with Crippen molar-refractivity contribution < 1.29 is 14.4 Å². The molecule has 5 heteroatoms. The lowest BCUT2D eigenvalue weighted by Gasteiger charge is -2.09. The normalized spacial score (nSPS) is 11.9. The van der Waals surface area contributed by atoms with Crippen molar-refractivity contribution in [3.8, 4) is 0 Å². The van der Waals surface area contributed by atoms with E-state index < -0.39 is 5.92 Å². The maximum Gasteiger partial charge on any atom is 0.244 e. The Bertz CT molecular complexity index is 364. The third kappa shape index (κ3) is 3.64. The predicted octanol–water partition coefficient (Wildman–Crippen LogP) is 1.69. The summed E-state index contributed by atoms with van der Waals surface area (Å²) in [5.74, 6) is -0.818. The van der Waals surface area contributed by atoms with Crippen molar-refractivity contribution in [3.63, 3.8) is 0 Å². The summed E-state index contributed by atoms with van der Waals surface area (Å²) in [6, 6.07) is 6.81. The Morgan fingerprint density at radius 1 is 1.50 bits per heavy atom. The SMILES string of the molecule is CONC(=O)CC(C=O)c1ccc(Cl)cc1. The van der Waals surface area contributed by atoms with Crippen LogP contribution in [0.3, 0.4) is 0 Å². The topological polar surface area (TPSA) is 55.4 Å². The minimum atomic E-state index is -0.479. The van der Waals surface area contributed by atoms with Crippen LogP contribution in [0.2, 0.25) is 5.02 Å². The summed E-state index contributed by atoms with van der Waals surface area (Å²) in [4.78, 5) is 26.6. The molecule has 0 spiro atoms. The van der Waals surface area contributed by atoms with E-state index in [0.29, 0.717) is 5.02 Å². The maximum atomic E-state index is 11.2. The second-order valence-electron chi connectivity index (χ2n) is 3.23. The van der Waals surface area contributed by atoms with Gasteiger partial charge in [-0.25, -0.2) is 5.48 Å². The number of carbonyl (C=O) groups excluding carboxylic acids is 2. The van der Waals surface area contributed by atoms with Crippen LogP contribution in [0.25, 0.3) is 0 Å². The highest BCUT2D eigenvalue weighted by atomic mass is 35.5. The molecule has 0 heterocycles. The lowest BCUT2D eigenvalue weighted by atomic mass is 9.97. The van der Waals surface area contributed by atoms with Gasteiger partial charge in [-0.05, 0) is 17.7 Å². The molecule has 0 bridgehead atoms. The molecule has 1 amide bonds. The summed E-state index contributed by atoms with van der Waals surface area (Å²) < 4.78 is 0. The highest BCUT2D eigenvalue weighted by molar-refractivity contribution is 6.30. The molecule has 1 aromatic rings. The average molecular weight is 242 g/mol. The van der Waals surface area contributed by atoms with Crippen LogP contribution in [-0.4, -0.2) is 19.3 Å². The van der Waals surface area contributed by atoms with Gasteiger partial charge >= 0.3 is 0 Å². The standard InChI is InChI=1S/C11H12ClNO3/c1-16-13-11(15)6-9(7-14)8-2-4-10(12)5-3-8/h2-5,7,9H,6H2,1H3,(H,13,15). The van der Waals surface area contributed by atoms with Crippen molar-refractivity contribution in [3.05, 3.63) is 34.9 Å². The molecule has 0 fully saturated rings. The van der Waals surface area contributed by atoms with Gasteiger partial charge < -0.3 is 4.79 Å². The van der Waals surface area contributed by atoms with Crippen LogP contribution >= 0.6 is 11.6 Å². The first-order valence-electron chi connectivity index (χ1n) is 4.70. The Labute approximate surface area is 98.5 Å². The van der Waals surface area contributed by atoms with Gasteiger partial charge in [0.25, 0.3) is 0 Å². The summed E-state index contributed by atoms with van der Waals surface area (Å²) in [5, 5.41) is 0.592. The van der Waals surface area contributed by atoms with Crippen molar-refractivity contribution in [2.24, 2.45) is 0 Å². The van der Waals surface area contributed by atoms with Crippen molar-refractivity contribution in [1.29, 1.82) is 0 Å². The van der Waals surface area contributed by atoms with E-state index in [2.05, 4.69) is 10.3 Å². The van der Waals surface area contributed by atoms with E-state index in [1.807, 2.05) is 0 Å². The zero-order valence-electron chi connectivity index (χ0n) is 8.77. The van der Waals surface area contributed by atoms with E-state index in [1.54, 1.807) is 24.3 Å². The van der Waals surface area contributed by atoms with Crippen LogP contribution in [0.5, 0.6) is 0 Å². The second kappa shape index (κ2) is 6.25. The number of carbonyl (C=O) groups is 2. The molecule has 0 saturated carbocycles. The molecule has 0 aliphatic heterocycles. The number of hydrogen-bond donors (Lipinski definition) is 1. The Balaban J connectivity index is 2.71. The largest absolute Gasteiger partial charge is 0.303 e. The Morgan fingerprint density at radius 2 is 2.12 bits per heavy atom. The van der Waals surface area contributed by atoms with Gasteiger partial charge in [0.1, 0.15) is 6.29 Å². The van der Waals surface area contributed by atoms with Crippen molar-refractivity contribution in [2.75, 3.05) is 7.11 Å². The smallest absolute Gasteiger partial charge is 0.244 e. The molecule has 0 aromatic heterocycles. The number of hydroxylamine groups is 1. The van der Waals surface area contributed by atoms with Crippen molar-refractivity contribution in [2.45, 2.75) is 12.3 Å². The Morgan fingerprint density at radius 3 is 2.62 bits per heavy atom. The summed E-state index contributed by atoms with van der Waals surface area (Å²) in [5.41, 5.74) is 2.92. The molecule has 1 unspecified atom stereocenters. The van der Waals surface area contributed by atoms with Gasteiger partial charge in [-0.1, -0.05) is 23.7 Å². The highest BCUT2D eigenvalue weighted by Gasteiger charge is 2.14. The van der Waals surface area contributed by atoms with Crippen LogP contribution in [0.15, 0.2) is 24.3 Å². The number of nitrogens with one attached hydrogen (secondary N) is 1. The average Bonchev–Trinajstić information content (AvgIpc) is 2.27. The minimum Gasteiger partial charge on any atom is -0.303 e.